The van der Waals surface area contributed by atoms with Gasteiger partial charge in [0.1, 0.15) is 0 Å². The van der Waals surface area contributed by atoms with E-state index < -0.39 is 0 Å². The molecular weight excluding hydrogens is 276 g/mol. The van der Waals surface area contributed by atoms with Crippen molar-refractivity contribution in [3.8, 4) is 0 Å². The molecule has 0 atom stereocenters. The standard InChI is InChI=1S/C23H46/c1-2-3-4-5-6-8-11-14-17-20-23-21-18-15-12-9-7-10-13-16-19-22-23/h23H,2-22H2,1H3. The topological polar surface area (TPSA) is 0 Å². The lowest BCUT2D eigenvalue weighted by atomic mass is 9.89. The Morgan fingerprint density at radius 3 is 1.35 bits per heavy atom. The fourth-order valence-electron chi connectivity index (χ4n) is 4.28. The summed E-state index contributed by atoms with van der Waals surface area (Å²) < 4.78 is 0. The minimum Gasteiger partial charge on any atom is -0.0654 e. The molecule has 0 aliphatic heterocycles. The van der Waals surface area contributed by atoms with Crippen molar-refractivity contribution in [3.05, 3.63) is 0 Å². The van der Waals surface area contributed by atoms with Crippen molar-refractivity contribution in [3.63, 3.8) is 0 Å². The van der Waals surface area contributed by atoms with Gasteiger partial charge in [-0.15, -0.1) is 0 Å². The quantitative estimate of drug-likeness (QED) is 0.352. The maximum Gasteiger partial charge on any atom is -0.0414 e. The number of unbranched alkanes of at least 4 members (excludes halogenated alkanes) is 8. The van der Waals surface area contributed by atoms with Crippen LogP contribution < -0.4 is 0 Å². The van der Waals surface area contributed by atoms with E-state index in [1.165, 1.54) is 135 Å². The first-order valence-electron chi connectivity index (χ1n) is 11.4. The van der Waals surface area contributed by atoms with E-state index in [1.807, 2.05) is 0 Å². The summed E-state index contributed by atoms with van der Waals surface area (Å²) in [4.78, 5) is 0. The molecule has 0 N–H and O–H groups in total. The second kappa shape index (κ2) is 16.8. The summed E-state index contributed by atoms with van der Waals surface area (Å²) in [6, 6.07) is 0. The van der Waals surface area contributed by atoms with Crippen LogP contribution >= 0.6 is 0 Å². The maximum absolute atomic E-state index is 2.31. The van der Waals surface area contributed by atoms with Crippen LogP contribution in [0, 0.1) is 5.92 Å². The van der Waals surface area contributed by atoms with Crippen LogP contribution in [0.15, 0.2) is 0 Å². The van der Waals surface area contributed by atoms with E-state index in [9.17, 15) is 0 Å². The van der Waals surface area contributed by atoms with Gasteiger partial charge >= 0.3 is 0 Å². The molecule has 0 aromatic rings. The normalized spacial score (nSPS) is 19.2. The van der Waals surface area contributed by atoms with Crippen molar-refractivity contribution in [2.45, 2.75) is 142 Å². The summed E-state index contributed by atoms with van der Waals surface area (Å²) in [5, 5.41) is 0. The van der Waals surface area contributed by atoms with Crippen LogP contribution in [0.2, 0.25) is 0 Å². The van der Waals surface area contributed by atoms with Crippen molar-refractivity contribution in [2.75, 3.05) is 0 Å². The molecule has 0 radical (unpaired) electrons. The van der Waals surface area contributed by atoms with Crippen LogP contribution in [0.3, 0.4) is 0 Å². The first kappa shape index (κ1) is 21.0. The molecule has 0 saturated heterocycles. The van der Waals surface area contributed by atoms with E-state index in [-0.39, 0.29) is 0 Å². The molecule has 0 spiro atoms. The average Bonchev–Trinajstić information content (AvgIpc) is 2.55. The van der Waals surface area contributed by atoms with Crippen molar-refractivity contribution in [2.24, 2.45) is 5.92 Å². The first-order valence-corrected chi connectivity index (χ1v) is 11.4. The molecule has 0 aromatic carbocycles. The first-order chi connectivity index (χ1) is 11.4. The molecule has 1 saturated carbocycles. The third-order valence-electron chi connectivity index (χ3n) is 5.94. The van der Waals surface area contributed by atoms with Gasteiger partial charge in [0.2, 0.25) is 0 Å². The summed E-state index contributed by atoms with van der Waals surface area (Å²) in [6.07, 6.45) is 31.5. The van der Waals surface area contributed by atoms with Gasteiger partial charge < -0.3 is 0 Å². The van der Waals surface area contributed by atoms with Crippen LogP contribution in [0.4, 0.5) is 0 Å². The smallest absolute Gasteiger partial charge is 0.0414 e. The highest BCUT2D eigenvalue weighted by molar-refractivity contribution is 4.63. The van der Waals surface area contributed by atoms with Crippen LogP contribution in [0.5, 0.6) is 0 Å². The van der Waals surface area contributed by atoms with Crippen LogP contribution in [0.1, 0.15) is 142 Å². The van der Waals surface area contributed by atoms with Gasteiger partial charge in [-0.25, -0.2) is 0 Å². The van der Waals surface area contributed by atoms with Gasteiger partial charge in [0.05, 0.1) is 0 Å². The number of hydrogen-bond donors (Lipinski definition) is 0. The molecule has 0 unspecified atom stereocenters. The molecule has 1 aliphatic rings. The molecule has 0 aromatic heterocycles. The minimum absolute atomic E-state index is 1.07. The zero-order valence-corrected chi connectivity index (χ0v) is 16.4. The van der Waals surface area contributed by atoms with Crippen molar-refractivity contribution in [1.29, 1.82) is 0 Å². The van der Waals surface area contributed by atoms with E-state index in [0.717, 1.165) is 5.92 Å². The summed E-state index contributed by atoms with van der Waals surface area (Å²) in [7, 11) is 0. The Kier molecular flexibility index (Phi) is 15.4. The lowest BCUT2D eigenvalue weighted by Gasteiger charge is -2.17. The second-order valence-corrected chi connectivity index (χ2v) is 8.24. The van der Waals surface area contributed by atoms with Gasteiger partial charge in [-0.05, 0) is 5.92 Å². The third-order valence-corrected chi connectivity index (χ3v) is 5.94. The Bertz CT molecular complexity index is 208. The molecule has 0 heterocycles. The van der Waals surface area contributed by atoms with E-state index in [0.29, 0.717) is 0 Å². The molecule has 0 heteroatoms. The maximum atomic E-state index is 2.31. The predicted octanol–water partition coefficient (Wildman–Crippen LogP) is 8.83. The number of rotatable bonds is 10. The molecule has 0 nitrogen and oxygen atoms in total. The zero-order chi connectivity index (χ0) is 16.4. The molecule has 0 amide bonds. The fourth-order valence-corrected chi connectivity index (χ4v) is 4.28. The molecule has 138 valence electrons. The van der Waals surface area contributed by atoms with E-state index >= 15 is 0 Å². The SMILES string of the molecule is CCCCCCCCCCCC1CCCCCCCCCCC1. The fraction of sp³-hybridized carbons (Fsp3) is 1.00. The minimum atomic E-state index is 1.07. The highest BCUT2D eigenvalue weighted by Gasteiger charge is 2.09. The highest BCUT2D eigenvalue weighted by Crippen LogP contribution is 2.25. The van der Waals surface area contributed by atoms with Crippen LogP contribution in [-0.2, 0) is 0 Å². The average molecular weight is 323 g/mol. The monoisotopic (exact) mass is 322 g/mol. The van der Waals surface area contributed by atoms with Crippen LogP contribution in [-0.4, -0.2) is 0 Å². The summed E-state index contributed by atoms with van der Waals surface area (Å²) >= 11 is 0. The van der Waals surface area contributed by atoms with Gasteiger partial charge in [-0.1, -0.05) is 142 Å². The van der Waals surface area contributed by atoms with Gasteiger partial charge in [-0.2, -0.15) is 0 Å². The van der Waals surface area contributed by atoms with E-state index in [4.69, 9.17) is 0 Å². The summed E-state index contributed by atoms with van der Waals surface area (Å²) in [6.45, 7) is 2.31. The van der Waals surface area contributed by atoms with Crippen molar-refractivity contribution >= 4 is 0 Å². The largest absolute Gasteiger partial charge is 0.0654 e. The van der Waals surface area contributed by atoms with Gasteiger partial charge in [-0.3, -0.25) is 0 Å². The highest BCUT2D eigenvalue weighted by atomic mass is 14.1. The molecule has 1 fully saturated rings. The van der Waals surface area contributed by atoms with Gasteiger partial charge in [0, 0.05) is 0 Å². The Hall–Kier alpha value is 0. The predicted molar refractivity (Wildman–Crippen MR) is 106 cm³/mol. The Balaban J connectivity index is 1.99. The Labute approximate surface area is 148 Å². The summed E-state index contributed by atoms with van der Waals surface area (Å²) in [5.74, 6) is 1.07. The molecule has 23 heavy (non-hydrogen) atoms. The zero-order valence-electron chi connectivity index (χ0n) is 16.4. The molecular formula is C23H46. The Morgan fingerprint density at radius 1 is 0.478 bits per heavy atom. The second-order valence-electron chi connectivity index (χ2n) is 8.24. The molecule has 0 bridgehead atoms. The van der Waals surface area contributed by atoms with Crippen LogP contribution in [0.25, 0.3) is 0 Å². The van der Waals surface area contributed by atoms with Gasteiger partial charge in [0.25, 0.3) is 0 Å². The van der Waals surface area contributed by atoms with Crippen molar-refractivity contribution < 1.29 is 0 Å². The van der Waals surface area contributed by atoms with Crippen molar-refractivity contribution in [1.82, 2.24) is 0 Å². The van der Waals surface area contributed by atoms with E-state index in [2.05, 4.69) is 6.92 Å². The molecule has 1 rings (SSSR count). The summed E-state index contributed by atoms with van der Waals surface area (Å²) in [5.41, 5.74) is 0. The Morgan fingerprint density at radius 2 is 0.870 bits per heavy atom. The van der Waals surface area contributed by atoms with E-state index in [1.54, 1.807) is 0 Å². The third kappa shape index (κ3) is 14.1. The lowest BCUT2D eigenvalue weighted by Crippen LogP contribution is -2.02. The molecule has 1 aliphatic carbocycles. The number of hydrogen-bond acceptors (Lipinski definition) is 0. The van der Waals surface area contributed by atoms with Gasteiger partial charge in [0.15, 0.2) is 0 Å². The lowest BCUT2D eigenvalue weighted by molar-refractivity contribution is 0.360.